The van der Waals surface area contributed by atoms with Crippen LogP contribution in [-0.2, 0) is 0 Å². The number of ether oxygens (including phenoxy) is 1. The largest absolute Gasteiger partial charge is 0.481 e. The number of methoxy groups -OCH3 is 1. The summed E-state index contributed by atoms with van der Waals surface area (Å²) in [5.41, 5.74) is 7.75. The van der Waals surface area contributed by atoms with Crippen molar-refractivity contribution in [3.8, 4) is 23.1 Å². The van der Waals surface area contributed by atoms with Gasteiger partial charge in [0.15, 0.2) is 0 Å². The van der Waals surface area contributed by atoms with Gasteiger partial charge in [0.05, 0.1) is 7.11 Å². The fourth-order valence-corrected chi connectivity index (χ4v) is 1.61. The second kappa shape index (κ2) is 4.54. The first-order valence-electron chi connectivity index (χ1n) is 5.06. The zero-order valence-corrected chi connectivity index (χ0v) is 9.34. The lowest BCUT2D eigenvalue weighted by Gasteiger charge is -2.08. The number of hydrogen-bond donors (Lipinski definition) is 1. The van der Waals surface area contributed by atoms with Crippen LogP contribution in [0.2, 0.25) is 0 Å². The molecule has 2 N–H and O–H groups in total. The van der Waals surface area contributed by atoms with Gasteiger partial charge in [-0.1, -0.05) is 30.3 Å². The Morgan fingerprint density at radius 3 is 2.59 bits per heavy atom. The summed E-state index contributed by atoms with van der Waals surface area (Å²) in [5.74, 6) is 0.589. The summed E-state index contributed by atoms with van der Waals surface area (Å²) < 4.78 is 5.06. The van der Waals surface area contributed by atoms with E-state index in [0.717, 1.165) is 11.1 Å². The molecule has 1 aromatic carbocycles. The second-order valence-electron chi connectivity index (χ2n) is 3.45. The molecule has 0 amide bonds. The van der Waals surface area contributed by atoms with Gasteiger partial charge < -0.3 is 10.5 Å². The van der Waals surface area contributed by atoms with E-state index in [2.05, 4.69) is 11.1 Å². The lowest BCUT2D eigenvalue weighted by Crippen LogP contribution is -2.00. The number of pyridine rings is 1. The van der Waals surface area contributed by atoms with Crippen LogP contribution in [0, 0.1) is 11.3 Å². The van der Waals surface area contributed by atoms with E-state index in [0.29, 0.717) is 11.4 Å². The van der Waals surface area contributed by atoms with Crippen LogP contribution in [0.4, 0.5) is 5.82 Å². The number of rotatable bonds is 2. The van der Waals surface area contributed by atoms with Crippen molar-refractivity contribution in [2.45, 2.75) is 0 Å². The van der Waals surface area contributed by atoms with Crippen molar-refractivity contribution in [3.05, 3.63) is 42.0 Å². The van der Waals surface area contributed by atoms with Gasteiger partial charge in [0.1, 0.15) is 17.5 Å². The lowest BCUT2D eigenvalue weighted by molar-refractivity contribution is 0.399. The van der Waals surface area contributed by atoms with Crippen LogP contribution in [-0.4, -0.2) is 12.1 Å². The molecule has 0 atom stereocenters. The van der Waals surface area contributed by atoms with Crippen LogP contribution >= 0.6 is 0 Å². The Morgan fingerprint density at radius 1 is 1.29 bits per heavy atom. The van der Waals surface area contributed by atoms with Gasteiger partial charge in [-0.05, 0) is 5.56 Å². The highest BCUT2D eigenvalue weighted by Gasteiger charge is 2.11. The lowest BCUT2D eigenvalue weighted by atomic mass is 10.0. The van der Waals surface area contributed by atoms with Crippen molar-refractivity contribution in [2.24, 2.45) is 0 Å². The Bertz CT molecular complexity index is 573. The minimum atomic E-state index is 0.186. The van der Waals surface area contributed by atoms with Gasteiger partial charge in [-0.25, -0.2) is 0 Å². The molecule has 0 radical (unpaired) electrons. The highest BCUT2D eigenvalue weighted by Crippen LogP contribution is 2.29. The quantitative estimate of drug-likeness (QED) is 0.850. The second-order valence-corrected chi connectivity index (χ2v) is 3.45. The molecule has 4 nitrogen and oxygen atoms in total. The molecular weight excluding hydrogens is 214 g/mol. The Morgan fingerprint density at radius 2 is 2.00 bits per heavy atom. The van der Waals surface area contributed by atoms with Gasteiger partial charge in [-0.3, -0.25) is 0 Å². The molecule has 0 saturated carbocycles. The highest BCUT2D eigenvalue weighted by molar-refractivity contribution is 5.76. The smallest absolute Gasteiger partial charge is 0.215 e. The molecule has 17 heavy (non-hydrogen) atoms. The summed E-state index contributed by atoms with van der Waals surface area (Å²) in [6.45, 7) is 0. The van der Waals surface area contributed by atoms with Crippen molar-refractivity contribution >= 4 is 5.82 Å². The van der Waals surface area contributed by atoms with Crippen LogP contribution < -0.4 is 10.5 Å². The van der Waals surface area contributed by atoms with E-state index in [1.54, 1.807) is 6.07 Å². The zero-order valence-electron chi connectivity index (χ0n) is 9.34. The number of benzene rings is 1. The Hall–Kier alpha value is -2.54. The number of nitrogens with two attached hydrogens (primary N) is 1. The maximum Gasteiger partial charge on any atom is 0.215 e. The first-order valence-corrected chi connectivity index (χ1v) is 5.06. The van der Waals surface area contributed by atoms with Gasteiger partial charge in [-0.15, -0.1) is 0 Å². The normalized spacial score (nSPS) is 9.65. The molecule has 0 aliphatic heterocycles. The SMILES string of the molecule is COc1cc(-c2ccccc2)c(C#N)c(N)n1. The summed E-state index contributed by atoms with van der Waals surface area (Å²) in [6, 6.07) is 13.3. The molecule has 2 aromatic rings. The number of nitrogen functional groups attached to an aromatic ring is 1. The van der Waals surface area contributed by atoms with E-state index in [1.165, 1.54) is 7.11 Å². The molecule has 0 unspecified atom stereocenters. The fourth-order valence-electron chi connectivity index (χ4n) is 1.61. The molecule has 84 valence electrons. The van der Waals surface area contributed by atoms with E-state index in [-0.39, 0.29) is 5.82 Å². The zero-order chi connectivity index (χ0) is 12.3. The molecule has 0 fully saturated rings. The van der Waals surface area contributed by atoms with Gasteiger partial charge in [0.2, 0.25) is 5.88 Å². The standard InChI is InChI=1S/C13H11N3O/c1-17-12-7-10(9-5-3-2-4-6-9)11(8-14)13(15)16-12/h2-7H,1H3,(H2,15,16). The summed E-state index contributed by atoms with van der Waals surface area (Å²) >= 11 is 0. The summed E-state index contributed by atoms with van der Waals surface area (Å²) in [5, 5.41) is 9.11. The maximum absolute atomic E-state index is 9.11. The van der Waals surface area contributed by atoms with E-state index in [9.17, 15) is 0 Å². The molecule has 2 rings (SSSR count). The Labute approximate surface area is 99.3 Å². The van der Waals surface area contributed by atoms with Gasteiger partial charge >= 0.3 is 0 Å². The molecule has 0 aliphatic rings. The number of nitrogens with zero attached hydrogens (tertiary/aromatic N) is 2. The van der Waals surface area contributed by atoms with Crippen molar-refractivity contribution in [1.82, 2.24) is 4.98 Å². The van der Waals surface area contributed by atoms with Crippen molar-refractivity contribution in [1.29, 1.82) is 5.26 Å². The van der Waals surface area contributed by atoms with Crippen LogP contribution in [0.15, 0.2) is 36.4 Å². The number of hydrogen-bond acceptors (Lipinski definition) is 4. The number of nitriles is 1. The van der Waals surface area contributed by atoms with Crippen LogP contribution in [0.1, 0.15) is 5.56 Å². The average molecular weight is 225 g/mol. The third kappa shape index (κ3) is 2.04. The third-order valence-corrected chi connectivity index (χ3v) is 2.43. The molecule has 0 bridgehead atoms. The first kappa shape index (κ1) is 11.0. The van der Waals surface area contributed by atoms with Crippen LogP contribution in [0.5, 0.6) is 5.88 Å². The van der Waals surface area contributed by atoms with Crippen molar-refractivity contribution in [2.75, 3.05) is 12.8 Å². The predicted molar refractivity (Wildman–Crippen MR) is 65.4 cm³/mol. The van der Waals surface area contributed by atoms with E-state index >= 15 is 0 Å². The van der Waals surface area contributed by atoms with E-state index in [1.807, 2.05) is 30.3 Å². The van der Waals surface area contributed by atoms with Crippen molar-refractivity contribution in [3.63, 3.8) is 0 Å². The third-order valence-electron chi connectivity index (χ3n) is 2.43. The minimum absolute atomic E-state index is 0.186. The molecule has 1 aromatic heterocycles. The molecule has 1 heterocycles. The van der Waals surface area contributed by atoms with E-state index < -0.39 is 0 Å². The van der Waals surface area contributed by atoms with Gasteiger partial charge in [-0.2, -0.15) is 10.2 Å². The fraction of sp³-hybridized carbons (Fsp3) is 0.0769. The van der Waals surface area contributed by atoms with Gasteiger partial charge in [0.25, 0.3) is 0 Å². The monoisotopic (exact) mass is 225 g/mol. The van der Waals surface area contributed by atoms with Crippen LogP contribution in [0.25, 0.3) is 11.1 Å². The van der Waals surface area contributed by atoms with Crippen molar-refractivity contribution < 1.29 is 4.74 Å². The molecule has 4 heteroatoms. The average Bonchev–Trinajstić information content (AvgIpc) is 2.38. The predicted octanol–water partition coefficient (Wildman–Crippen LogP) is 2.21. The molecule has 0 aliphatic carbocycles. The minimum Gasteiger partial charge on any atom is -0.481 e. The molecular formula is C13H11N3O. The maximum atomic E-state index is 9.11. The molecule has 0 spiro atoms. The summed E-state index contributed by atoms with van der Waals surface area (Å²) in [6.07, 6.45) is 0. The number of aromatic nitrogens is 1. The first-order chi connectivity index (χ1) is 8.26. The summed E-state index contributed by atoms with van der Waals surface area (Å²) in [4.78, 5) is 3.98. The summed E-state index contributed by atoms with van der Waals surface area (Å²) in [7, 11) is 1.52. The highest BCUT2D eigenvalue weighted by atomic mass is 16.5. The van der Waals surface area contributed by atoms with Crippen LogP contribution in [0.3, 0.4) is 0 Å². The van der Waals surface area contributed by atoms with Gasteiger partial charge in [0, 0.05) is 11.6 Å². The number of anilines is 1. The Balaban J connectivity index is 2.68. The topological polar surface area (TPSA) is 71.9 Å². The Kier molecular flexibility index (Phi) is 2.93. The van der Waals surface area contributed by atoms with E-state index in [4.69, 9.17) is 15.7 Å². The molecule has 0 saturated heterocycles.